The van der Waals surface area contributed by atoms with Crippen molar-refractivity contribution in [3.63, 3.8) is 0 Å². The van der Waals surface area contributed by atoms with E-state index in [0.29, 0.717) is 23.3 Å². The molecule has 0 amide bonds. The van der Waals surface area contributed by atoms with Crippen LogP contribution in [0.5, 0.6) is 0 Å². The molecule has 0 bridgehead atoms. The van der Waals surface area contributed by atoms with Crippen LogP contribution in [0.1, 0.15) is 36.8 Å². The zero-order chi connectivity index (χ0) is 15.0. The topological polar surface area (TPSA) is 58.2 Å². The summed E-state index contributed by atoms with van der Waals surface area (Å²) < 4.78 is 28.5. The van der Waals surface area contributed by atoms with Crippen molar-refractivity contribution in [1.82, 2.24) is 10.0 Å². The van der Waals surface area contributed by atoms with Crippen LogP contribution < -0.4 is 10.0 Å². The number of benzene rings is 1. The van der Waals surface area contributed by atoms with Crippen molar-refractivity contribution < 1.29 is 8.42 Å². The third-order valence-corrected chi connectivity index (χ3v) is 6.21. The van der Waals surface area contributed by atoms with Crippen LogP contribution in [0.15, 0.2) is 23.1 Å². The van der Waals surface area contributed by atoms with Crippen LogP contribution in [0.4, 0.5) is 0 Å². The molecular formula is C16H24N2O2S. The quantitative estimate of drug-likeness (QED) is 0.812. The normalized spacial score (nSPS) is 19.2. The number of nitrogens with one attached hydrogen (secondary N) is 2. The molecule has 3 rings (SSSR count). The molecular weight excluding hydrogens is 284 g/mol. The minimum Gasteiger partial charge on any atom is -0.316 e. The molecule has 116 valence electrons. The fourth-order valence-corrected chi connectivity index (χ4v) is 4.73. The summed E-state index contributed by atoms with van der Waals surface area (Å²) in [5, 5.41) is 3.09. The Bertz CT molecular complexity index is 607. The number of sulfonamides is 1. The molecule has 0 spiro atoms. The van der Waals surface area contributed by atoms with E-state index in [9.17, 15) is 8.42 Å². The molecule has 1 aromatic carbocycles. The number of rotatable bonds is 7. The van der Waals surface area contributed by atoms with Crippen LogP contribution in [0.3, 0.4) is 0 Å². The minimum atomic E-state index is -3.42. The van der Waals surface area contributed by atoms with E-state index >= 15 is 0 Å². The van der Waals surface area contributed by atoms with Gasteiger partial charge in [0.25, 0.3) is 0 Å². The standard InChI is InChI=1S/C16H24N2O2S/c1-11-14(10-17-2)4-3-5-15(11)21(19,20)18-16(12-6-7-12)13-8-9-13/h3-5,12-13,16-18H,6-10H2,1-2H3. The van der Waals surface area contributed by atoms with Gasteiger partial charge in [0.1, 0.15) is 0 Å². The number of hydrogen-bond donors (Lipinski definition) is 2. The second kappa shape index (κ2) is 5.71. The monoisotopic (exact) mass is 308 g/mol. The molecule has 21 heavy (non-hydrogen) atoms. The Morgan fingerprint density at radius 1 is 1.19 bits per heavy atom. The Morgan fingerprint density at radius 3 is 2.33 bits per heavy atom. The van der Waals surface area contributed by atoms with E-state index in [2.05, 4.69) is 10.0 Å². The highest BCUT2D eigenvalue weighted by molar-refractivity contribution is 7.89. The molecule has 0 aromatic heterocycles. The molecule has 2 aliphatic rings. The average Bonchev–Trinajstić information content (AvgIpc) is 3.31. The molecule has 2 aliphatic carbocycles. The van der Waals surface area contributed by atoms with Crippen LogP contribution in [0, 0.1) is 18.8 Å². The van der Waals surface area contributed by atoms with Crippen molar-refractivity contribution in [3.8, 4) is 0 Å². The summed E-state index contributed by atoms with van der Waals surface area (Å²) in [6.45, 7) is 2.58. The van der Waals surface area contributed by atoms with Gasteiger partial charge in [-0.3, -0.25) is 0 Å². The van der Waals surface area contributed by atoms with Crippen molar-refractivity contribution in [3.05, 3.63) is 29.3 Å². The van der Waals surface area contributed by atoms with Gasteiger partial charge in [0.2, 0.25) is 10.0 Å². The van der Waals surface area contributed by atoms with E-state index in [1.165, 1.54) is 25.7 Å². The Morgan fingerprint density at radius 2 is 1.81 bits per heavy atom. The fourth-order valence-electron chi connectivity index (χ4n) is 3.06. The summed E-state index contributed by atoms with van der Waals surface area (Å²) >= 11 is 0. The molecule has 2 N–H and O–H groups in total. The molecule has 0 radical (unpaired) electrons. The maximum atomic E-state index is 12.8. The highest BCUT2D eigenvalue weighted by atomic mass is 32.2. The Labute approximate surface area is 127 Å². The largest absolute Gasteiger partial charge is 0.316 e. The van der Waals surface area contributed by atoms with Crippen LogP contribution in [0.2, 0.25) is 0 Å². The van der Waals surface area contributed by atoms with E-state index in [1.807, 2.05) is 26.1 Å². The second-order valence-electron chi connectivity index (χ2n) is 6.39. The van der Waals surface area contributed by atoms with E-state index in [4.69, 9.17) is 0 Å². The zero-order valence-corrected chi connectivity index (χ0v) is 13.5. The van der Waals surface area contributed by atoms with Gasteiger partial charge in [-0.1, -0.05) is 12.1 Å². The predicted octanol–water partition coefficient (Wildman–Crippen LogP) is 2.18. The van der Waals surface area contributed by atoms with Crippen molar-refractivity contribution in [2.75, 3.05) is 7.05 Å². The van der Waals surface area contributed by atoms with Crippen molar-refractivity contribution >= 4 is 10.0 Å². The molecule has 0 saturated heterocycles. The van der Waals surface area contributed by atoms with Gasteiger partial charge in [0.15, 0.2) is 0 Å². The van der Waals surface area contributed by atoms with Crippen molar-refractivity contribution in [2.45, 2.75) is 50.1 Å². The summed E-state index contributed by atoms with van der Waals surface area (Å²) in [7, 11) is -1.55. The van der Waals surface area contributed by atoms with E-state index in [1.54, 1.807) is 6.07 Å². The molecule has 0 unspecified atom stereocenters. The molecule has 1 aromatic rings. The lowest BCUT2D eigenvalue weighted by Crippen LogP contribution is -2.38. The average molecular weight is 308 g/mol. The van der Waals surface area contributed by atoms with Gasteiger partial charge in [0.05, 0.1) is 4.90 Å². The third-order valence-electron chi connectivity index (χ3n) is 4.60. The summed E-state index contributed by atoms with van der Waals surface area (Å²) in [5.41, 5.74) is 1.89. The molecule has 0 heterocycles. The van der Waals surface area contributed by atoms with E-state index in [-0.39, 0.29) is 6.04 Å². The molecule has 2 fully saturated rings. The molecule has 4 nitrogen and oxygen atoms in total. The first-order chi connectivity index (χ1) is 10.0. The summed E-state index contributed by atoms with van der Waals surface area (Å²) in [6, 6.07) is 5.68. The van der Waals surface area contributed by atoms with Gasteiger partial charge >= 0.3 is 0 Å². The van der Waals surface area contributed by atoms with Crippen LogP contribution in [-0.2, 0) is 16.6 Å². The SMILES string of the molecule is CNCc1cccc(S(=O)(=O)NC(C2CC2)C2CC2)c1C. The van der Waals surface area contributed by atoms with E-state index < -0.39 is 10.0 Å². The molecule has 0 atom stereocenters. The first-order valence-corrected chi connectivity index (χ1v) is 9.26. The van der Waals surface area contributed by atoms with Gasteiger partial charge in [0, 0.05) is 12.6 Å². The Hall–Kier alpha value is -0.910. The molecule has 5 heteroatoms. The van der Waals surface area contributed by atoms with Crippen molar-refractivity contribution in [2.24, 2.45) is 11.8 Å². The Balaban J connectivity index is 1.85. The lowest BCUT2D eigenvalue weighted by molar-refractivity contribution is 0.471. The third kappa shape index (κ3) is 3.30. The van der Waals surface area contributed by atoms with Gasteiger partial charge in [-0.25, -0.2) is 13.1 Å². The summed E-state index contributed by atoms with van der Waals surface area (Å²) in [5.74, 6) is 1.13. The second-order valence-corrected chi connectivity index (χ2v) is 8.07. The summed E-state index contributed by atoms with van der Waals surface area (Å²) in [4.78, 5) is 0.432. The van der Waals surface area contributed by atoms with Crippen molar-refractivity contribution in [1.29, 1.82) is 0 Å². The predicted molar refractivity (Wildman–Crippen MR) is 83.5 cm³/mol. The maximum absolute atomic E-state index is 12.8. The van der Waals surface area contributed by atoms with Crippen LogP contribution in [0.25, 0.3) is 0 Å². The molecule has 0 aliphatic heterocycles. The van der Waals surface area contributed by atoms with Gasteiger partial charge < -0.3 is 5.32 Å². The summed E-state index contributed by atoms with van der Waals surface area (Å²) in [6.07, 6.45) is 4.68. The molecule has 2 saturated carbocycles. The lowest BCUT2D eigenvalue weighted by Gasteiger charge is -2.19. The smallest absolute Gasteiger partial charge is 0.241 e. The first kappa shape index (κ1) is 15.0. The van der Waals surface area contributed by atoms with Gasteiger partial charge in [-0.2, -0.15) is 0 Å². The highest BCUT2D eigenvalue weighted by Crippen LogP contribution is 2.45. The maximum Gasteiger partial charge on any atom is 0.241 e. The fraction of sp³-hybridized carbons (Fsp3) is 0.625. The first-order valence-electron chi connectivity index (χ1n) is 7.78. The van der Waals surface area contributed by atoms with Crippen LogP contribution in [-0.4, -0.2) is 21.5 Å². The minimum absolute atomic E-state index is 0.155. The zero-order valence-electron chi connectivity index (χ0n) is 12.7. The van der Waals surface area contributed by atoms with Gasteiger partial charge in [-0.05, 0) is 68.7 Å². The van der Waals surface area contributed by atoms with Gasteiger partial charge in [-0.15, -0.1) is 0 Å². The Kier molecular flexibility index (Phi) is 4.08. The van der Waals surface area contributed by atoms with Crippen LogP contribution >= 0.6 is 0 Å². The lowest BCUT2D eigenvalue weighted by atomic mass is 10.1. The van der Waals surface area contributed by atoms with E-state index in [0.717, 1.165) is 11.1 Å². The number of hydrogen-bond acceptors (Lipinski definition) is 3. The highest BCUT2D eigenvalue weighted by Gasteiger charge is 2.43.